The van der Waals surface area contributed by atoms with Crippen LogP contribution in [0, 0.1) is 19.7 Å². The standard InChI is InChI=1S/C10H14FN/c1-7-3-4-10(11)8(2)9(7)5-6-12/h3-4H,5-6,12H2,1-2H3. The van der Waals surface area contributed by atoms with Gasteiger partial charge in [-0.25, -0.2) is 4.39 Å². The molecule has 0 saturated carbocycles. The number of nitrogens with two attached hydrogens (primary N) is 1. The Bertz CT molecular complexity index is 281. The van der Waals surface area contributed by atoms with Crippen LogP contribution in [-0.2, 0) is 6.42 Å². The van der Waals surface area contributed by atoms with Crippen LogP contribution in [-0.4, -0.2) is 6.54 Å². The first-order valence-electron chi connectivity index (χ1n) is 4.11. The number of aryl methyl sites for hydroxylation is 1. The number of benzene rings is 1. The van der Waals surface area contributed by atoms with Gasteiger partial charge in [0.1, 0.15) is 5.82 Å². The summed E-state index contributed by atoms with van der Waals surface area (Å²) in [4.78, 5) is 0. The molecule has 66 valence electrons. The van der Waals surface area contributed by atoms with E-state index in [0.717, 1.165) is 23.1 Å². The Hall–Kier alpha value is -0.890. The largest absolute Gasteiger partial charge is 0.330 e. The fourth-order valence-electron chi connectivity index (χ4n) is 1.39. The van der Waals surface area contributed by atoms with Crippen molar-refractivity contribution >= 4 is 0 Å². The van der Waals surface area contributed by atoms with Crippen molar-refractivity contribution in [1.29, 1.82) is 0 Å². The van der Waals surface area contributed by atoms with E-state index >= 15 is 0 Å². The van der Waals surface area contributed by atoms with Crippen LogP contribution in [0.15, 0.2) is 12.1 Å². The summed E-state index contributed by atoms with van der Waals surface area (Å²) in [5.41, 5.74) is 8.34. The maximum Gasteiger partial charge on any atom is 0.126 e. The molecule has 2 N–H and O–H groups in total. The fourth-order valence-corrected chi connectivity index (χ4v) is 1.39. The summed E-state index contributed by atoms with van der Waals surface area (Å²) >= 11 is 0. The van der Waals surface area contributed by atoms with Crippen molar-refractivity contribution in [1.82, 2.24) is 0 Å². The Morgan fingerprint density at radius 2 is 2.00 bits per heavy atom. The SMILES string of the molecule is Cc1ccc(F)c(C)c1CCN. The summed E-state index contributed by atoms with van der Waals surface area (Å²) in [6, 6.07) is 3.30. The molecule has 0 aliphatic carbocycles. The molecular formula is C10H14FN. The number of hydrogen-bond acceptors (Lipinski definition) is 1. The fraction of sp³-hybridized carbons (Fsp3) is 0.400. The second-order valence-corrected chi connectivity index (χ2v) is 3.01. The van der Waals surface area contributed by atoms with Gasteiger partial charge in [0.05, 0.1) is 0 Å². The van der Waals surface area contributed by atoms with Gasteiger partial charge in [0, 0.05) is 0 Å². The van der Waals surface area contributed by atoms with Crippen molar-refractivity contribution in [2.24, 2.45) is 5.73 Å². The lowest BCUT2D eigenvalue weighted by Crippen LogP contribution is -2.06. The summed E-state index contributed by atoms with van der Waals surface area (Å²) < 4.78 is 13.0. The van der Waals surface area contributed by atoms with Crippen LogP contribution in [0.3, 0.4) is 0 Å². The summed E-state index contributed by atoms with van der Waals surface area (Å²) in [7, 11) is 0. The van der Waals surface area contributed by atoms with Gasteiger partial charge in [0.25, 0.3) is 0 Å². The molecule has 0 spiro atoms. The lowest BCUT2D eigenvalue weighted by Gasteiger charge is -2.08. The highest BCUT2D eigenvalue weighted by atomic mass is 19.1. The third kappa shape index (κ3) is 1.64. The molecular weight excluding hydrogens is 153 g/mol. The number of rotatable bonds is 2. The van der Waals surface area contributed by atoms with Gasteiger partial charge >= 0.3 is 0 Å². The topological polar surface area (TPSA) is 26.0 Å². The van der Waals surface area contributed by atoms with E-state index in [0.29, 0.717) is 6.54 Å². The zero-order valence-corrected chi connectivity index (χ0v) is 7.52. The third-order valence-corrected chi connectivity index (χ3v) is 2.16. The molecule has 0 aliphatic rings. The smallest absolute Gasteiger partial charge is 0.126 e. The molecule has 2 heteroatoms. The minimum atomic E-state index is -0.135. The summed E-state index contributed by atoms with van der Waals surface area (Å²) in [6.07, 6.45) is 0.759. The summed E-state index contributed by atoms with van der Waals surface area (Å²) in [5, 5.41) is 0. The normalized spacial score (nSPS) is 10.3. The van der Waals surface area contributed by atoms with Gasteiger partial charge in [-0.15, -0.1) is 0 Å². The molecule has 0 saturated heterocycles. The molecule has 1 aromatic rings. The van der Waals surface area contributed by atoms with Gasteiger partial charge in [-0.1, -0.05) is 6.07 Å². The van der Waals surface area contributed by atoms with Crippen molar-refractivity contribution < 1.29 is 4.39 Å². The van der Waals surface area contributed by atoms with Crippen molar-refractivity contribution in [3.8, 4) is 0 Å². The predicted octanol–water partition coefficient (Wildman–Crippen LogP) is 1.94. The second-order valence-electron chi connectivity index (χ2n) is 3.01. The summed E-state index contributed by atoms with van der Waals surface area (Å²) in [5.74, 6) is -0.135. The van der Waals surface area contributed by atoms with Crippen molar-refractivity contribution in [3.05, 3.63) is 34.6 Å². The van der Waals surface area contributed by atoms with Gasteiger partial charge in [0.15, 0.2) is 0 Å². The third-order valence-electron chi connectivity index (χ3n) is 2.16. The number of hydrogen-bond donors (Lipinski definition) is 1. The van der Waals surface area contributed by atoms with Crippen LogP contribution < -0.4 is 5.73 Å². The molecule has 0 unspecified atom stereocenters. The van der Waals surface area contributed by atoms with E-state index in [1.165, 1.54) is 6.07 Å². The first kappa shape index (κ1) is 9.20. The summed E-state index contributed by atoms with van der Waals surface area (Å²) in [6.45, 7) is 4.36. The van der Waals surface area contributed by atoms with Crippen LogP contribution >= 0.6 is 0 Å². The van der Waals surface area contributed by atoms with Crippen LogP contribution in [0.1, 0.15) is 16.7 Å². The highest BCUT2D eigenvalue weighted by Crippen LogP contribution is 2.16. The van der Waals surface area contributed by atoms with Gasteiger partial charge in [-0.05, 0) is 49.6 Å². The zero-order chi connectivity index (χ0) is 9.14. The molecule has 0 heterocycles. The molecule has 0 fully saturated rings. The molecule has 1 aromatic carbocycles. The van der Waals surface area contributed by atoms with E-state index < -0.39 is 0 Å². The molecule has 1 rings (SSSR count). The first-order chi connectivity index (χ1) is 5.66. The second kappa shape index (κ2) is 3.68. The van der Waals surface area contributed by atoms with Gasteiger partial charge in [0.2, 0.25) is 0 Å². The van der Waals surface area contributed by atoms with E-state index in [9.17, 15) is 4.39 Å². The molecule has 0 amide bonds. The predicted molar refractivity (Wildman–Crippen MR) is 48.6 cm³/mol. The average Bonchev–Trinajstić information content (AvgIpc) is 2.06. The first-order valence-corrected chi connectivity index (χ1v) is 4.11. The van der Waals surface area contributed by atoms with E-state index in [1.54, 1.807) is 13.0 Å². The Kier molecular flexibility index (Phi) is 2.82. The van der Waals surface area contributed by atoms with Crippen molar-refractivity contribution in [3.63, 3.8) is 0 Å². The van der Waals surface area contributed by atoms with Crippen LogP contribution in [0.25, 0.3) is 0 Å². The monoisotopic (exact) mass is 167 g/mol. The minimum Gasteiger partial charge on any atom is -0.330 e. The highest BCUT2D eigenvalue weighted by Gasteiger charge is 2.05. The van der Waals surface area contributed by atoms with Gasteiger partial charge in [-0.2, -0.15) is 0 Å². The minimum absolute atomic E-state index is 0.135. The molecule has 12 heavy (non-hydrogen) atoms. The lowest BCUT2D eigenvalue weighted by molar-refractivity contribution is 0.614. The van der Waals surface area contributed by atoms with Crippen LogP contribution in [0.2, 0.25) is 0 Å². The lowest BCUT2D eigenvalue weighted by atomic mass is 10.00. The Balaban J connectivity index is 3.14. The molecule has 0 aliphatic heterocycles. The quantitative estimate of drug-likeness (QED) is 0.715. The van der Waals surface area contributed by atoms with Crippen molar-refractivity contribution in [2.75, 3.05) is 6.54 Å². The van der Waals surface area contributed by atoms with E-state index in [1.807, 2.05) is 6.92 Å². The Labute approximate surface area is 72.4 Å². The molecule has 0 radical (unpaired) electrons. The van der Waals surface area contributed by atoms with E-state index in [-0.39, 0.29) is 5.82 Å². The maximum atomic E-state index is 13.0. The Morgan fingerprint density at radius 1 is 1.33 bits per heavy atom. The zero-order valence-electron chi connectivity index (χ0n) is 7.52. The Morgan fingerprint density at radius 3 is 2.58 bits per heavy atom. The van der Waals surface area contributed by atoms with Gasteiger partial charge < -0.3 is 5.73 Å². The molecule has 0 aromatic heterocycles. The van der Waals surface area contributed by atoms with Gasteiger partial charge in [-0.3, -0.25) is 0 Å². The highest BCUT2D eigenvalue weighted by molar-refractivity contribution is 5.34. The average molecular weight is 167 g/mol. The molecule has 0 atom stereocenters. The maximum absolute atomic E-state index is 13.0. The van der Waals surface area contributed by atoms with Crippen molar-refractivity contribution in [2.45, 2.75) is 20.3 Å². The number of halogens is 1. The van der Waals surface area contributed by atoms with Crippen LogP contribution in [0.4, 0.5) is 4.39 Å². The molecule has 0 bridgehead atoms. The van der Waals surface area contributed by atoms with E-state index in [2.05, 4.69) is 0 Å². The van der Waals surface area contributed by atoms with E-state index in [4.69, 9.17) is 5.73 Å². The van der Waals surface area contributed by atoms with Crippen LogP contribution in [0.5, 0.6) is 0 Å². The molecule has 1 nitrogen and oxygen atoms in total.